The van der Waals surface area contributed by atoms with E-state index in [1.54, 1.807) is 13.2 Å². The van der Waals surface area contributed by atoms with Crippen molar-refractivity contribution in [2.45, 2.75) is 6.04 Å². The van der Waals surface area contributed by atoms with Gasteiger partial charge in [0.25, 0.3) is 0 Å². The van der Waals surface area contributed by atoms with Gasteiger partial charge in [0.1, 0.15) is 11.6 Å². The Labute approximate surface area is 117 Å². The van der Waals surface area contributed by atoms with Crippen molar-refractivity contribution >= 4 is 11.6 Å². The Morgan fingerprint density at radius 3 is 2.63 bits per heavy atom. The van der Waals surface area contributed by atoms with Crippen molar-refractivity contribution in [2.75, 3.05) is 14.2 Å². The summed E-state index contributed by atoms with van der Waals surface area (Å²) in [6, 6.07) is 12.2. The summed E-state index contributed by atoms with van der Waals surface area (Å²) in [5.41, 5.74) is 1.67. The van der Waals surface area contributed by atoms with E-state index in [1.165, 1.54) is 6.07 Å². The molecule has 0 bridgehead atoms. The van der Waals surface area contributed by atoms with E-state index in [9.17, 15) is 4.39 Å². The van der Waals surface area contributed by atoms with Gasteiger partial charge in [-0.15, -0.1) is 0 Å². The third-order valence-electron chi connectivity index (χ3n) is 3.01. The summed E-state index contributed by atoms with van der Waals surface area (Å²) in [6.45, 7) is 0. The monoisotopic (exact) mass is 279 g/mol. The lowest BCUT2D eigenvalue weighted by Gasteiger charge is -2.19. The Kier molecular flexibility index (Phi) is 4.40. The lowest BCUT2D eigenvalue weighted by atomic mass is 9.98. The molecule has 2 aromatic rings. The molecule has 0 saturated carbocycles. The molecule has 1 N–H and O–H groups in total. The van der Waals surface area contributed by atoms with Crippen LogP contribution in [-0.2, 0) is 0 Å². The minimum Gasteiger partial charge on any atom is -0.497 e. The van der Waals surface area contributed by atoms with Crippen LogP contribution in [0.1, 0.15) is 17.2 Å². The molecule has 2 rings (SSSR count). The quantitative estimate of drug-likeness (QED) is 0.919. The number of hydrogen-bond acceptors (Lipinski definition) is 2. The highest BCUT2D eigenvalue weighted by Crippen LogP contribution is 2.31. The van der Waals surface area contributed by atoms with Crippen molar-refractivity contribution in [3.8, 4) is 5.75 Å². The summed E-state index contributed by atoms with van der Waals surface area (Å²) >= 11 is 6.04. The Bertz CT molecular complexity index is 574. The van der Waals surface area contributed by atoms with Gasteiger partial charge in [0.05, 0.1) is 18.2 Å². The fourth-order valence-corrected chi connectivity index (χ4v) is 2.30. The minimum absolute atomic E-state index is 0.143. The molecule has 0 aliphatic rings. The van der Waals surface area contributed by atoms with E-state index < -0.39 is 5.82 Å². The maximum absolute atomic E-state index is 13.6. The van der Waals surface area contributed by atoms with Crippen LogP contribution in [0, 0.1) is 5.82 Å². The summed E-state index contributed by atoms with van der Waals surface area (Å²) in [5, 5.41) is 3.29. The highest BCUT2D eigenvalue weighted by molar-refractivity contribution is 6.31. The van der Waals surface area contributed by atoms with Crippen LogP contribution in [0.25, 0.3) is 0 Å². The molecule has 0 aliphatic heterocycles. The predicted octanol–water partition coefficient (Wildman–Crippen LogP) is 3.80. The van der Waals surface area contributed by atoms with Crippen LogP contribution in [0.2, 0.25) is 5.02 Å². The smallest absolute Gasteiger partial charge is 0.142 e. The summed E-state index contributed by atoms with van der Waals surface area (Å²) < 4.78 is 18.8. The standard InChI is InChI=1S/C15H15ClFNO/c1-18-15(10-5-3-6-11(9-10)19-2)12-7-4-8-13(17)14(12)16/h3-9,15,18H,1-2H3. The molecule has 0 heterocycles. The Morgan fingerprint density at radius 2 is 1.95 bits per heavy atom. The highest BCUT2D eigenvalue weighted by Gasteiger charge is 2.17. The number of rotatable bonds is 4. The molecule has 0 spiro atoms. The second-order valence-corrected chi connectivity index (χ2v) is 4.52. The molecule has 0 saturated heterocycles. The van der Waals surface area contributed by atoms with Gasteiger partial charge in [-0.25, -0.2) is 4.39 Å². The van der Waals surface area contributed by atoms with Crippen molar-refractivity contribution in [3.05, 3.63) is 64.4 Å². The summed E-state index contributed by atoms with van der Waals surface area (Å²) in [7, 11) is 3.42. The number of hydrogen-bond donors (Lipinski definition) is 1. The lowest BCUT2D eigenvalue weighted by molar-refractivity contribution is 0.414. The molecule has 0 aliphatic carbocycles. The number of benzene rings is 2. The maximum Gasteiger partial charge on any atom is 0.142 e. The average molecular weight is 280 g/mol. The summed E-state index contributed by atoms with van der Waals surface area (Å²) in [4.78, 5) is 0. The van der Waals surface area contributed by atoms with Crippen LogP contribution in [0.5, 0.6) is 5.75 Å². The Balaban J connectivity index is 2.46. The number of halogens is 2. The fraction of sp³-hybridized carbons (Fsp3) is 0.200. The van der Waals surface area contributed by atoms with E-state index in [4.69, 9.17) is 16.3 Å². The van der Waals surface area contributed by atoms with Crippen molar-refractivity contribution in [2.24, 2.45) is 0 Å². The van der Waals surface area contributed by atoms with Crippen molar-refractivity contribution < 1.29 is 9.13 Å². The molecule has 0 fully saturated rings. The SMILES string of the molecule is CNC(c1cccc(OC)c1)c1cccc(F)c1Cl. The summed E-state index contributed by atoms with van der Waals surface area (Å²) in [6.07, 6.45) is 0. The van der Waals surface area contributed by atoms with Gasteiger partial charge in [-0.2, -0.15) is 0 Å². The molecule has 4 heteroatoms. The molecular weight excluding hydrogens is 265 g/mol. The summed E-state index contributed by atoms with van der Waals surface area (Å²) in [5.74, 6) is 0.340. The molecule has 0 amide bonds. The second kappa shape index (κ2) is 6.04. The van der Waals surface area contributed by atoms with Crippen LogP contribution in [0.4, 0.5) is 4.39 Å². The topological polar surface area (TPSA) is 21.3 Å². The van der Waals surface area contributed by atoms with Crippen LogP contribution in [0.3, 0.4) is 0 Å². The molecule has 19 heavy (non-hydrogen) atoms. The molecule has 2 nitrogen and oxygen atoms in total. The molecule has 100 valence electrons. The first-order chi connectivity index (χ1) is 9.17. The number of methoxy groups -OCH3 is 1. The molecule has 1 atom stereocenters. The first kappa shape index (κ1) is 13.8. The molecular formula is C15H15ClFNO. The molecule has 1 unspecified atom stereocenters. The first-order valence-electron chi connectivity index (χ1n) is 5.92. The van der Waals surface area contributed by atoms with Gasteiger partial charge >= 0.3 is 0 Å². The van der Waals surface area contributed by atoms with Crippen LogP contribution >= 0.6 is 11.6 Å². The lowest BCUT2D eigenvalue weighted by Crippen LogP contribution is -2.18. The van der Waals surface area contributed by atoms with Gasteiger partial charge in [-0.05, 0) is 36.4 Å². The number of nitrogens with one attached hydrogen (secondary N) is 1. The molecule has 0 radical (unpaired) electrons. The van der Waals surface area contributed by atoms with Gasteiger partial charge in [0.15, 0.2) is 0 Å². The van der Waals surface area contributed by atoms with Gasteiger partial charge in [0, 0.05) is 0 Å². The van der Waals surface area contributed by atoms with E-state index >= 15 is 0 Å². The van der Waals surface area contributed by atoms with E-state index in [-0.39, 0.29) is 11.1 Å². The van der Waals surface area contributed by atoms with Gasteiger partial charge < -0.3 is 10.1 Å². The van der Waals surface area contributed by atoms with E-state index in [0.717, 1.165) is 11.3 Å². The maximum atomic E-state index is 13.6. The van der Waals surface area contributed by atoms with Gasteiger partial charge in [-0.3, -0.25) is 0 Å². The highest BCUT2D eigenvalue weighted by atomic mass is 35.5. The average Bonchev–Trinajstić information content (AvgIpc) is 2.44. The minimum atomic E-state index is -0.415. The van der Waals surface area contributed by atoms with E-state index in [0.29, 0.717) is 5.56 Å². The van der Waals surface area contributed by atoms with Crippen LogP contribution in [0.15, 0.2) is 42.5 Å². The zero-order valence-corrected chi connectivity index (χ0v) is 11.5. The molecule has 0 aromatic heterocycles. The van der Waals surface area contributed by atoms with Crippen molar-refractivity contribution in [1.82, 2.24) is 5.32 Å². The Hall–Kier alpha value is -1.58. The first-order valence-corrected chi connectivity index (χ1v) is 6.30. The second-order valence-electron chi connectivity index (χ2n) is 4.14. The van der Waals surface area contributed by atoms with E-state index in [2.05, 4.69) is 5.32 Å². The van der Waals surface area contributed by atoms with Gasteiger partial charge in [0.2, 0.25) is 0 Å². The van der Waals surface area contributed by atoms with Gasteiger partial charge in [-0.1, -0.05) is 35.9 Å². The van der Waals surface area contributed by atoms with Crippen LogP contribution < -0.4 is 10.1 Å². The normalized spacial score (nSPS) is 12.2. The molecule has 2 aromatic carbocycles. The third-order valence-corrected chi connectivity index (χ3v) is 3.41. The van der Waals surface area contributed by atoms with E-state index in [1.807, 2.05) is 37.4 Å². The predicted molar refractivity (Wildman–Crippen MR) is 75.3 cm³/mol. The van der Waals surface area contributed by atoms with Crippen molar-refractivity contribution in [3.63, 3.8) is 0 Å². The zero-order valence-electron chi connectivity index (χ0n) is 10.8. The number of ether oxygens (including phenoxy) is 1. The zero-order chi connectivity index (χ0) is 13.8. The van der Waals surface area contributed by atoms with Crippen LogP contribution in [-0.4, -0.2) is 14.2 Å². The Morgan fingerprint density at radius 1 is 1.21 bits per heavy atom. The largest absolute Gasteiger partial charge is 0.497 e. The fourth-order valence-electron chi connectivity index (χ4n) is 2.07. The van der Waals surface area contributed by atoms with Crippen molar-refractivity contribution in [1.29, 1.82) is 0 Å². The third kappa shape index (κ3) is 2.88.